The number of halogens is 1. The van der Waals surface area contributed by atoms with E-state index in [9.17, 15) is 4.79 Å². The van der Waals surface area contributed by atoms with Crippen molar-refractivity contribution in [3.63, 3.8) is 0 Å². The summed E-state index contributed by atoms with van der Waals surface area (Å²) in [5.74, 6) is 0.833. The highest BCUT2D eigenvalue weighted by Crippen LogP contribution is 2.25. The quantitative estimate of drug-likeness (QED) is 0.889. The van der Waals surface area contributed by atoms with Crippen molar-refractivity contribution >= 4 is 23.2 Å². The Morgan fingerprint density at radius 3 is 2.83 bits per heavy atom. The van der Waals surface area contributed by atoms with Crippen LogP contribution in [0.15, 0.2) is 18.2 Å². The molecule has 2 saturated heterocycles. The molecule has 0 aliphatic carbocycles. The first-order chi connectivity index (χ1) is 11.1. The maximum atomic E-state index is 12.3. The van der Waals surface area contributed by atoms with Gasteiger partial charge in [-0.2, -0.15) is 0 Å². The highest BCUT2D eigenvalue weighted by atomic mass is 35.5. The summed E-state index contributed by atoms with van der Waals surface area (Å²) in [7, 11) is 0. The summed E-state index contributed by atoms with van der Waals surface area (Å²) >= 11 is 6.00. The van der Waals surface area contributed by atoms with Crippen LogP contribution in [0.4, 0.5) is 5.69 Å². The van der Waals surface area contributed by atoms with E-state index in [1.54, 1.807) is 0 Å². The standard InChI is InChI=1S/C18H26ClN3O/c1-13-4-5-15(19)11-17(13)21-18(23)12-22-9-6-14(7-10-22)16-3-2-8-20-16/h4-5,11,14,16,20H,2-3,6-10,12H2,1H3,(H,21,23). The number of amides is 1. The van der Waals surface area contributed by atoms with Gasteiger partial charge in [-0.1, -0.05) is 17.7 Å². The predicted octanol–water partition coefficient (Wildman–Crippen LogP) is 3.05. The van der Waals surface area contributed by atoms with Crippen LogP contribution in [0.2, 0.25) is 5.02 Å². The fourth-order valence-corrected chi connectivity index (χ4v) is 3.92. The Balaban J connectivity index is 1.46. The van der Waals surface area contributed by atoms with Gasteiger partial charge in [0.1, 0.15) is 0 Å². The second-order valence-electron chi connectivity index (χ2n) is 6.82. The van der Waals surface area contributed by atoms with Crippen LogP contribution in [0.5, 0.6) is 0 Å². The van der Waals surface area contributed by atoms with Gasteiger partial charge in [-0.25, -0.2) is 0 Å². The number of carbonyl (C=O) groups is 1. The molecule has 5 heteroatoms. The number of hydrogen-bond acceptors (Lipinski definition) is 3. The van der Waals surface area contributed by atoms with Crippen molar-refractivity contribution in [3.05, 3.63) is 28.8 Å². The summed E-state index contributed by atoms with van der Waals surface area (Å²) in [6, 6.07) is 6.29. The first-order valence-electron chi connectivity index (χ1n) is 8.63. The van der Waals surface area contributed by atoms with E-state index >= 15 is 0 Å². The first-order valence-corrected chi connectivity index (χ1v) is 9.01. The molecule has 1 aromatic carbocycles. The number of piperidine rings is 1. The average Bonchev–Trinajstić information content (AvgIpc) is 3.06. The lowest BCUT2D eigenvalue weighted by molar-refractivity contribution is -0.117. The fraction of sp³-hybridized carbons (Fsp3) is 0.611. The Morgan fingerprint density at radius 1 is 1.35 bits per heavy atom. The zero-order valence-corrected chi connectivity index (χ0v) is 14.5. The second-order valence-corrected chi connectivity index (χ2v) is 7.26. The topological polar surface area (TPSA) is 44.4 Å². The van der Waals surface area contributed by atoms with Gasteiger partial charge in [-0.15, -0.1) is 0 Å². The molecule has 2 fully saturated rings. The van der Waals surface area contributed by atoms with Gasteiger partial charge < -0.3 is 10.6 Å². The van der Waals surface area contributed by atoms with Crippen LogP contribution in [-0.2, 0) is 4.79 Å². The summed E-state index contributed by atoms with van der Waals surface area (Å²) in [4.78, 5) is 14.5. The number of benzene rings is 1. The van der Waals surface area contributed by atoms with Gasteiger partial charge in [0.05, 0.1) is 6.54 Å². The minimum atomic E-state index is 0.0489. The maximum Gasteiger partial charge on any atom is 0.238 e. The summed E-state index contributed by atoms with van der Waals surface area (Å²) < 4.78 is 0. The molecule has 3 rings (SSSR count). The Labute approximate surface area is 143 Å². The number of rotatable bonds is 4. The van der Waals surface area contributed by atoms with Crippen LogP contribution in [0.25, 0.3) is 0 Å². The van der Waals surface area contributed by atoms with Crippen LogP contribution >= 0.6 is 11.6 Å². The van der Waals surface area contributed by atoms with Gasteiger partial charge >= 0.3 is 0 Å². The first kappa shape index (κ1) is 16.7. The third-order valence-corrected chi connectivity index (χ3v) is 5.38. The predicted molar refractivity (Wildman–Crippen MR) is 95.0 cm³/mol. The maximum absolute atomic E-state index is 12.3. The summed E-state index contributed by atoms with van der Waals surface area (Å²) in [5, 5.41) is 7.25. The molecule has 1 amide bonds. The van der Waals surface area contributed by atoms with Crippen LogP contribution in [0.3, 0.4) is 0 Å². The molecular weight excluding hydrogens is 310 g/mol. The average molecular weight is 336 g/mol. The van der Waals surface area contributed by atoms with Crippen LogP contribution < -0.4 is 10.6 Å². The summed E-state index contributed by atoms with van der Waals surface area (Å²) in [6.07, 6.45) is 5.02. The molecule has 2 heterocycles. The van der Waals surface area contributed by atoms with Crippen molar-refractivity contribution < 1.29 is 4.79 Å². The molecule has 0 saturated carbocycles. The zero-order valence-electron chi connectivity index (χ0n) is 13.8. The molecular formula is C18H26ClN3O. The lowest BCUT2D eigenvalue weighted by atomic mass is 9.88. The number of anilines is 1. The smallest absolute Gasteiger partial charge is 0.238 e. The van der Waals surface area contributed by atoms with Crippen LogP contribution in [0, 0.1) is 12.8 Å². The van der Waals surface area contributed by atoms with E-state index in [2.05, 4.69) is 15.5 Å². The van der Waals surface area contributed by atoms with E-state index in [0.717, 1.165) is 30.3 Å². The van der Waals surface area contributed by atoms with E-state index < -0.39 is 0 Å². The van der Waals surface area contributed by atoms with Crippen molar-refractivity contribution in [3.8, 4) is 0 Å². The van der Waals surface area contributed by atoms with Gasteiger partial charge in [0.2, 0.25) is 5.91 Å². The van der Waals surface area contributed by atoms with Gasteiger partial charge in [-0.05, 0) is 75.9 Å². The number of likely N-dealkylation sites (tertiary alicyclic amines) is 1. The second kappa shape index (κ2) is 7.65. The Hall–Kier alpha value is -1.10. The van der Waals surface area contributed by atoms with Gasteiger partial charge in [0.25, 0.3) is 0 Å². The van der Waals surface area contributed by atoms with Crippen molar-refractivity contribution in [2.45, 2.75) is 38.6 Å². The number of nitrogens with one attached hydrogen (secondary N) is 2. The molecule has 1 unspecified atom stereocenters. The lowest BCUT2D eigenvalue weighted by Gasteiger charge is -2.34. The summed E-state index contributed by atoms with van der Waals surface area (Å²) in [5.41, 5.74) is 1.85. The van der Waals surface area contributed by atoms with Crippen molar-refractivity contribution in [2.24, 2.45) is 5.92 Å². The van der Waals surface area contributed by atoms with E-state index in [0.29, 0.717) is 17.6 Å². The lowest BCUT2D eigenvalue weighted by Crippen LogP contribution is -2.43. The SMILES string of the molecule is Cc1ccc(Cl)cc1NC(=O)CN1CCC(C2CCCN2)CC1. The molecule has 0 radical (unpaired) electrons. The molecule has 1 aromatic rings. The molecule has 2 N–H and O–H groups in total. The molecule has 23 heavy (non-hydrogen) atoms. The van der Waals surface area contributed by atoms with Gasteiger partial charge in [-0.3, -0.25) is 9.69 Å². The third-order valence-electron chi connectivity index (χ3n) is 5.14. The fourth-order valence-electron chi connectivity index (χ4n) is 3.75. The molecule has 0 aromatic heterocycles. The third kappa shape index (κ3) is 4.46. The Kier molecular flexibility index (Phi) is 5.57. The molecule has 4 nitrogen and oxygen atoms in total. The molecule has 1 atom stereocenters. The Morgan fingerprint density at radius 2 is 2.13 bits per heavy atom. The normalized spacial score (nSPS) is 23.1. The van der Waals surface area contributed by atoms with Gasteiger partial charge in [0, 0.05) is 16.8 Å². The monoisotopic (exact) mass is 335 g/mol. The highest BCUT2D eigenvalue weighted by molar-refractivity contribution is 6.31. The van der Waals surface area contributed by atoms with E-state index in [4.69, 9.17) is 11.6 Å². The molecule has 126 valence electrons. The van der Waals surface area contributed by atoms with E-state index in [1.807, 2.05) is 25.1 Å². The molecule has 2 aliphatic rings. The minimum absolute atomic E-state index is 0.0489. The van der Waals surface area contributed by atoms with Crippen molar-refractivity contribution in [1.29, 1.82) is 0 Å². The number of nitrogens with zero attached hydrogens (tertiary/aromatic N) is 1. The van der Waals surface area contributed by atoms with Crippen LogP contribution in [-0.4, -0.2) is 43.0 Å². The van der Waals surface area contributed by atoms with Crippen molar-refractivity contribution in [2.75, 3.05) is 31.5 Å². The largest absolute Gasteiger partial charge is 0.325 e. The number of hydrogen-bond donors (Lipinski definition) is 2. The number of carbonyl (C=O) groups excluding carboxylic acids is 1. The van der Waals surface area contributed by atoms with Gasteiger partial charge in [0.15, 0.2) is 0 Å². The van der Waals surface area contributed by atoms with E-state index in [1.165, 1.54) is 32.2 Å². The summed E-state index contributed by atoms with van der Waals surface area (Å²) in [6.45, 7) is 5.66. The molecule has 2 aliphatic heterocycles. The molecule has 0 bridgehead atoms. The van der Waals surface area contributed by atoms with Crippen LogP contribution in [0.1, 0.15) is 31.2 Å². The zero-order chi connectivity index (χ0) is 16.2. The minimum Gasteiger partial charge on any atom is -0.325 e. The Bertz CT molecular complexity index is 549. The van der Waals surface area contributed by atoms with Crippen molar-refractivity contribution in [1.82, 2.24) is 10.2 Å². The number of aryl methyl sites for hydroxylation is 1. The highest BCUT2D eigenvalue weighted by Gasteiger charge is 2.28. The van der Waals surface area contributed by atoms with E-state index in [-0.39, 0.29) is 5.91 Å². The molecule has 0 spiro atoms.